The molecule has 0 bridgehead atoms. The van der Waals surface area contributed by atoms with Gasteiger partial charge in [0.25, 0.3) is 0 Å². The summed E-state index contributed by atoms with van der Waals surface area (Å²) < 4.78 is 1.13. The molecule has 1 N–H and O–H groups in total. The Morgan fingerprint density at radius 1 is 1.40 bits per heavy atom. The van der Waals surface area contributed by atoms with Crippen LogP contribution in [0.3, 0.4) is 0 Å². The van der Waals surface area contributed by atoms with Crippen molar-refractivity contribution in [2.75, 3.05) is 6.54 Å². The second kappa shape index (κ2) is 5.33. The number of nitrogens with one attached hydrogen (secondary N) is 1. The third-order valence-corrected chi connectivity index (χ3v) is 4.02. The van der Waals surface area contributed by atoms with Crippen LogP contribution in [0.5, 0.6) is 0 Å². The van der Waals surface area contributed by atoms with Gasteiger partial charge in [-0.05, 0) is 43.5 Å². The zero-order chi connectivity index (χ0) is 10.7. The van der Waals surface area contributed by atoms with Crippen LogP contribution in [0.1, 0.15) is 24.8 Å². The normalized spacial score (nSPS) is 21.6. The van der Waals surface area contributed by atoms with Crippen molar-refractivity contribution >= 4 is 27.5 Å². The quantitative estimate of drug-likeness (QED) is 0.873. The highest BCUT2D eigenvalue weighted by Crippen LogP contribution is 2.27. The number of hydrogen-bond acceptors (Lipinski definition) is 1. The van der Waals surface area contributed by atoms with Crippen LogP contribution in [0.25, 0.3) is 0 Å². The lowest BCUT2D eigenvalue weighted by molar-refractivity contribution is 0.399. The third kappa shape index (κ3) is 2.96. The van der Waals surface area contributed by atoms with E-state index in [1.54, 1.807) is 0 Å². The Hall–Kier alpha value is -0.0500. The number of halogens is 2. The van der Waals surface area contributed by atoms with Gasteiger partial charge in [0.2, 0.25) is 0 Å². The average molecular weight is 289 g/mol. The molecule has 1 aliphatic rings. The third-order valence-electron chi connectivity index (χ3n) is 2.92. The van der Waals surface area contributed by atoms with Gasteiger partial charge in [-0.2, -0.15) is 0 Å². The number of benzene rings is 1. The topological polar surface area (TPSA) is 12.0 Å². The van der Waals surface area contributed by atoms with Gasteiger partial charge >= 0.3 is 0 Å². The van der Waals surface area contributed by atoms with Gasteiger partial charge < -0.3 is 5.32 Å². The molecular weight excluding hydrogens is 273 g/mol. The predicted molar refractivity (Wildman–Crippen MR) is 68.5 cm³/mol. The van der Waals surface area contributed by atoms with E-state index in [1.165, 1.54) is 24.8 Å². The molecular formula is C12H15BrClN. The molecule has 0 spiro atoms. The van der Waals surface area contributed by atoms with Crippen molar-refractivity contribution < 1.29 is 0 Å². The molecule has 82 valence electrons. The molecule has 3 heteroatoms. The lowest BCUT2D eigenvalue weighted by Gasteiger charge is -2.24. The van der Waals surface area contributed by atoms with Crippen LogP contribution >= 0.6 is 27.5 Å². The maximum absolute atomic E-state index is 6.19. The Bertz CT molecular complexity index is 314. The molecule has 0 radical (unpaired) electrons. The molecule has 0 aliphatic carbocycles. The molecule has 1 saturated heterocycles. The van der Waals surface area contributed by atoms with Gasteiger partial charge in [-0.15, -0.1) is 0 Å². The van der Waals surface area contributed by atoms with E-state index < -0.39 is 0 Å². The molecule has 0 saturated carbocycles. The van der Waals surface area contributed by atoms with Crippen LogP contribution in [0.15, 0.2) is 22.7 Å². The molecule has 0 aromatic heterocycles. The summed E-state index contributed by atoms with van der Waals surface area (Å²) in [4.78, 5) is 0. The molecule has 1 aromatic rings. The first-order chi connectivity index (χ1) is 7.27. The first-order valence-corrected chi connectivity index (χ1v) is 6.61. The zero-order valence-electron chi connectivity index (χ0n) is 8.60. The molecule has 1 atom stereocenters. The molecule has 1 fully saturated rings. The Morgan fingerprint density at radius 3 is 2.93 bits per heavy atom. The SMILES string of the molecule is Clc1cccc(Br)c1CC1CCCCN1. The summed E-state index contributed by atoms with van der Waals surface area (Å²) in [6, 6.07) is 6.59. The second-order valence-electron chi connectivity index (χ2n) is 4.05. The fraction of sp³-hybridized carbons (Fsp3) is 0.500. The van der Waals surface area contributed by atoms with Crippen molar-refractivity contribution in [3.05, 3.63) is 33.3 Å². The molecule has 15 heavy (non-hydrogen) atoms. The van der Waals surface area contributed by atoms with Gasteiger partial charge in [-0.1, -0.05) is 40.0 Å². The predicted octanol–water partition coefficient (Wildman–Crippen LogP) is 3.79. The Morgan fingerprint density at radius 2 is 2.27 bits per heavy atom. The monoisotopic (exact) mass is 287 g/mol. The Labute approximate surface area is 104 Å². The second-order valence-corrected chi connectivity index (χ2v) is 5.31. The minimum absolute atomic E-state index is 0.593. The lowest BCUT2D eigenvalue weighted by atomic mass is 9.98. The average Bonchev–Trinajstić information content (AvgIpc) is 2.25. The van der Waals surface area contributed by atoms with E-state index in [9.17, 15) is 0 Å². The fourth-order valence-electron chi connectivity index (χ4n) is 2.07. The Kier molecular flexibility index (Phi) is 4.06. The van der Waals surface area contributed by atoms with E-state index in [0.717, 1.165) is 22.5 Å². The van der Waals surface area contributed by atoms with E-state index in [1.807, 2.05) is 12.1 Å². The van der Waals surface area contributed by atoms with Crippen molar-refractivity contribution in [2.45, 2.75) is 31.7 Å². The van der Waals surface area contributed by atoms with Crippen molar-refractivity contribution in [2.24, 2.45) is 0 Å². The number of rotatable bonds is 2. The molecule has 1 unspecified atom stereocenters. The minimum atomic E-state index is 0.593. The first kappa shape index (κ1) is 11.4. The van der Waals surface area contributed by atoms with Gasteiger partial charge in [0.05, 0.1) is 0 Å². The highest BCUT2D eigenvalue weighted by atomic mass is 79.9. The molecule has 1 aromatic carbocycles. The first-order valence-electron chi connectivity index (χ1n) is 5.43. The Balaban J connectivity index is 2.09. The largest absolute Gasteiger partial charge is 0.314 e. The van der Waals surface area contributed by atoms with Gasteiger partial charge in [-0.25, -0.2) is 0 Å². The molecule has 1 nitrogen and oxygen atoms in total. The molecule has 2 rings (SSSR count). The summed E-state index contributed by atoms with van der Waals surface area (Å²) in [5.74, 6) is 0. The fourth-order valence-corrected chi connectivity index (χ4v) is 2.97. The molecule has 1 heterocycles. The van der Waals surface area contributed by atoms with Crippen LogP contribution in [-0.2, 0) is 6.42 Å². The molecule has 1 aliphatic heterocycles. The number of piperidine rings is 1. The maximum Gasteiger partial charge on any atom is 0.0449 e. The summed E-state index contributed by atoms with van der Waals surface area (Å²) >= 11 is 9.75. The van der Waals surface area contributed by atoms with Gasteiger partial charge in [0.15, 0.2) is 0 Å². The van der Waals surface area contributed by atoms with E-state index >= 15 is 0 Å². The van der Waals surface area contributed by atoms with Crippen LogP contribution in [0, 0.1) is 0 Å². The van der Waals surface area contributed by atoms with Crippen LogP contribution < -0.4 is 5.32 Å². The van der Waals surface area contributed by atoms with Gasteiger partial charge in [0, 0.05) is 15.5 Å². The highest BCUT2D eigenvalue weighted by molar-refractivity contribution is 9.10. The summed E-state index contributed by atoms with van der Waals surface area (Å²) in [6.45, 7) is 1.15. The van der Waals surface area contributed by atoms with E-state index in [-0.39, 0.29) is 0 Å². The van der Waals surface area contributed by atoms with E-state index in [0.29, 0.717) is 6.04 Å². The van der Waals surface area contributed by atoms with Crippen LogP contribution in [0.2, 0.25) is 5.02 Å². The standard InChI is InChI=1S/C12H15BrClN/c13-11-5-3-6-12(14)10(11)8-9-4-1-2-7-15-9/h3,5-6,9,15H,1-2,4,7-8H2. The minimum Gasteiger partial charge on any atom is -0.314 e. The van der Waals surface area contributed by atoms with Crippen molar-refractivity contribution in [1.82, 2.24) is 5.32 Å². The van der Waals surface area contributed by atoms with Crippen molar-refractivity contribution in [3.8, 4) is 0 Å². The van der Waals surface area contributed by atoms with E-state index in [2.05, 4.69) is 27.3 Å². The van der Waals surface area contributed by atoms with E-state index in [4.69, 9.17) is 11.6 Å². The van der Waals surface area contributed by atoms with Crippen LogP contribution in [0.4, 0.5) is 0 Å². The zero-order valence-corrected chi connectivity index (χ0v) is 10.9. The van der Waals surface area contributed by atoms with Crippen LogP contribution in [-0.4, -0.2) is 12.6 Å². The van der Waals surface area contributed by atoms with Crippen molar-refractivity contribution in [3.63, 3.8) is 0 Å². The summed E-state index contributed by atoms with van der Waals surface area (Å²) in [7, 11) is 0. The maximum atomic E-state index is 6.19. The van der Waals surface area contributed by atoms with Crippen molar-refractivity contribution in [1.29, 1.82) is 0 Å². The summed E-state index contributed by atoms with van der Waals surface area (Å²) in [5.41, 5.74) is 1.23. The number of hydrogen-bond donors (Lipinski definition) is 1. The summed E-state index contributed by atoms with van der Waals surface area (Å²) in [5, 5.41) is 4.41. The van der Waals surface area contributed by atoms with Gasteiger partial charge in [-0.3, -0.25) is 0 Å². The lowest BCUT2D eigenvalue weighted by Crippen LogP contribution is -2.35. The van der Waals surface area contributed by atoms with Gasteiger partial charge in [0.1, 0.15) is 0 Å². The smallest absolute Gasteiger partial charge is 0.0449 e. The summed E-state index contributed by atoms with van der Waals surface area (Å²) in [6.07, 6.45) is 4.93. The highest BCUT2D eigenvalue weighted by Gasteiger charge is 2.15. The molecule has 0 amide bonds.